The molecule has 3 rings (SSSR count). The molecule has 0 nitrogen and oxygen atoms in total. The van der Waals surface area contributed by atoms with Gasteiger partial charge >= 0.3 is 0 Å². The van der Waals surface area contributed by atoms with Crippen molar-refractivity contribution in [2.75, 3.05) is 0 Å². The molecule has 1 fully saturated rings. The van der Waals surface area contributed by atoms with E-state index in [1.54, 1.807) is 5.06 Å². The van der Waals surface area contributed by atoms with Crippen LogP contribution >= 0.6 is 38.4 Å². The highest BCUT2D eigenvalue weighted by atomic mass is 35.5. The summed E-state index contributed by atoms with van der Waals surface area (Å²) < 4.78 is 0. The quantitative estimate of drug-likeness (QED) is 0.423. The first-order chi connectivity index (χ1) is 12.0. The minimum Gasteiger partial charge on any atom is -0.0843 e. The summed E-state index contributed by atoms with van der Waals surface area (Å²) >= 11 is 12.3. The molecule has 2 aromatic carbocycles. The number of hydrogen-bond acceptors (Lipinski definition) is 0. The van der Waals surface area contributed by atoms with E-state index in [0.29, 0.717) is 10.3 Å². The highest BCUT2D eigenvalue weighted by molar-refractivity contribution is 8.52. The van der Waals surface area contributed by atoms with Gasteiger partial charge in [0.15, 0.2) is 0 Å². The largest absolute Gasteiger partial charge is 0.0843 e. The second-order valence-corrected chi connectivity index (χ2v) is 17.1. The summed E-state index contributed by atoms with van der Waals surface area (Å²) in [6.45, 7) is 14.4. The van der Waals surface area contributed by atoms with Gasteiger partial charge in [0.05, 0.1) is 0 Å². The van der Waals surface area contributed by atoms with Gasteiger partial charge in [0, 0.05) is 10.0 Å². The predicted molar refractivity (Wildman–Crippen MR) is 122 cm³/mol. The van der Waals surface area contributed by atoms with Crippen LogP contribution < -0.4 is 0 Å². The highest BCUT2D eigenvalue weighted by Crippen LogP contribution is 3.07. The van der Waals surface area contributed by atoms with Crippen molar-refractivity contribution >= 4 is 44.0 Å². The van der Waals surface area contributed by atoms with E-state index >= 15 is 0 Å². The fraction of sp³-hybridized carbons (Fsp3) is 0.364. The Kier molecular flexibility index (Phi) is 5.65. The van der Waals surface area contributed by atoms with Crippen molar-refractivity contribution in [1.29, 1.82) is 0 Å². The van der Waals surface area contributed by atoms with Crippen molar-refractivity contribution in [2.45, 2.75) is 51.9 Å². The zero-order valence-corrected chi connectivity index (χ0v) is 19.6. The summed E-state index contributed by atoms with van der Waals surface area (Å²) in [6, 6.07) is 16.6. The van der Waals surface area contributed by atoms with Crippen LogP contribution in [0.15, 0.2) is 53.6 Å². The van der Waals surface area contributed by atoms with Gasteiger partial charge in [-0.25, -0.2) is 0 Å². The Bertz CT molecular complexity index is 753. The Labute approximate surface area is 170 Å². The van der Waals surface area contributed by atoms with Crippen LogP contribution in [0.2, 0.25) is 10.0 Å². The first-order valence-electron chi connectivity index (χ1n) is 8.87. The second kappa shape index (κ2) is 7.22. The van der Waals surface area contributed by atoms with Crippen LogP contribution in [0.25, 0.3) is 5.57 Å². The molecular weight excluding hydrogens is 397 g/mol. The molecule has 2 atom stereocenters. The van der Waals surface area contributed by atoms with Gasteiger partial charge in [0.25, 0.3) is 0 Å². The average Bonchev–Trinajstić information content (AvgIpc) is 3.27. The van der Waals surface area contributed by atoms with E-state index in [2.05, 4.69) is 65.8 Å². The zero-order valence-electron chi connectivity index (χ0n) is 16.3. The lowest BCUT2D eigenvalue weighted by atomic mass is 10.00. The number of benzene rings is 2. The molecular formula is C22H26Cl2P2. The smallest absolute Gasteiger partial charge is 0.0406 e. The number of hydrogen-bond donors (Lipinski definition) is 0. The van der Waals surface area contributed by atoms with E-state index in [1.165, 1.54) is 16.7 Å². The molecule has 0 bridgehead atoms. The van der Waals surface area contributed by atoms with E-state index < -0.39 is 0 Å². The maximum atomic E-state index is 6.16. The van der Waals surface area contributed by atoms with E-state index in [9.17, 15) is 0 Å². The van der Waals surface area contributed by atoms with Crippen LogP contribution in [0.4, 0.5) is 0 Å². The lowest BCUT2D eigenvalue weighted by Gasteiger charge is -2.23. The topological polar surface area (TPSA) is 0 Å². The molecule has 1 aliphatic rings. The third-order valence-corrected chi connectivity index (χ3v) is 15.2. The SMILES string of the molecule is CC(C)(C)P1C(=C(c2ccc(Cl)cc2)c2ccc(Cl)cc2)P1C(C)(C)C. The Morgan fingerprint density at radius 2 is 0.923 bits per heavy atom. The van der Waals surface area contributed by atoms with Crippen molar-refractivity contribution in [1.82, 2.24) is 0 Å². The Hall–Kier alpha value is -0.380. The fourth-order valence-electron chi connectivity index (χ4n) is 3.25. The first kappa shape index (κ1) is 20.4. The molecule has 1 saturated heterocycles. The molecule has 138 valence electrons. The predicted octanol–water partition coefficient (Wildman–Crippen LogP) is 9.20. The van der Waals surface area contributed by atoms with Gasteiger partial charge < -0.3 is 0 Å². The minimum atomic E-state index is -0.130. The van der Waals surface area contributed by atoms with Gasteiger partial charge in [-0.2, -0.15) is 0 Å². The molecule has 0 N–H and O–H groups in total. The van der Waals surface area contributed by atoms with Gasteiger partial charge in [-0.15, -0.1) is 0 Å². The van der Waals surface area contributed by atoms with Crippen LogP contribution in [-0.4, -0.2) is 10.3 Å². The summed E-state index contributed by atoms with van der Waals surface area (Å²) in [5.41, 5.74) is 3.93. The molecule has 26 heavy (non-hydrogen) atoms. The zero-order chi connectivity index (χ0) is 19.3. The number of rotatable bonds is 2. The molecule has 0 aliphatic carbocycles. The van der Waals surface area contributed by atoms with Crippen molar-refractivity contribution in [3.8, 4) is 0 Å². The van der Waals surface area contributed by atoms with Crippen LogP contribution in [-0.2, 0) is 0 Å². The summed E-state index contributed by atoms with van der Waals surface area (Å²) in [6.07, 6.45) is 0. The molecule has 0 radical (unpaired) electrons. The van der Waals surface area contributed by atoms with Crippen LogP contribution in [0.5, 0.6) is 0 Å². The lowest BCUT2D eigenvalue weighted by Crippen LogP contribution is -2.07. The van der Waals surface area contributed by atoms with Crippen LogP contribution in [0, 0.1) is 0 Å². The molecule has 0 aromatic heterocycles. The fourth-order valence-corrected chi connectivity index (χ4v) is 14.9. The Morgan fingerprint density at radius 3 is 1.19 bits per heavy atom. The molecule has 0 amide bonds. The van der Waals surface area contributed by atoms with E-state index in [1.807, 2.05) is 24.3 Å². The van der Waals surface area contributed by atoms with E-state index in [4.69, 9.17) is 23.2 Å². The highest BCUT2D eigenvalue weighted by Gasteiger charge is 2.57. The molecule has 1 heterocycles. The molecule has 0 saturated carbocycles. The summed E-state index contributed by atoms with van der Waals surface area (Å²) in [7, 11) is -0.260. The Balaban J connectivity index is 2.24. The normalized spacial score (nSPS) is 20.2. The van der Waals surface area contributed by atoms with Crippen LogP contribution in [0.1, 0.15) is 52.7 Å². The van der Waals surface area contributed by atoms with E-state index in [-0.39, 0.29) is 15.2 Å². The van der Waals surface area contributed by atoms with Crippen molar-refractivity contribution in [3.05, 3.63) is 74.8 Å². The standard InChI is InChI=1S/C22H26Cl2P2/c1-21(2,3)25-20(26(25)22(4,5)6)19(15-7-11-17(23)12-8-15)16-9-13-18(24)14-10-16/h7-14H,1-6H3. The van der Waals surface area contributed by atoms with Gasteiger partial charge in [-0.05, 0) is 71.6 Å². The van der Waals surface area contributed by atoms with Crippen molar-refractivity contribution in [3.63, 3.8) is 0 Å². The maximum absolute atomic E-state index is 6.16. The van der Waals surface area contributed by atoms with Crippen molar-refractivity contribution < 1.29 is 0 Å². The van der Waals surface area contributed by atoms with Gasteiger partial charge in [0.1, 0.15) is 0 Å². The second-order valence-electron chi connectivity index (χ2n) is 8.68. The molecule has 0 spiro atoms. The van der Waals surface area contributed by atoms with Crippen LogP contribution in [0.3, 0.4) is 0 Å². The Morgan fingerprint density at radius 1 is 0.615 bits per heavy atom. The first-order valence-corrected chi connectivity index (χ1v) is 13.0. The minimum absolute atomic E-state index is 0.130. The molecule has 4 heteroatoms. The number of halogens is 2. The maximum Gasteiger partial charge on any atom is 0.0406 e. The van der Waals surface area contributed by atoms with Crippen molar-refractivity contribution in [2.24, 2.45) is 0 Å². The molecule has 2 aromatic rings. The molecule has 2 unspecified atom stereocenters. The van der Waals surface area contributed by atoms with Gasteiger partial charge in [-0.1, -0.05) is 89.0 Å². The lowest BCUT2D eigenvalue weighted by molar-refractivity contribution is 0.788. The van der Waals surface area contributed by atoms with E-state index in [0.717, 1.165) is 10.0 Å². The third-order valence-electron chi connectivity index (χ3n) is 4.32. The summed E-state index contributed by atoms with van der Waals surface area (Å²) in [5, 5.41) is 3.91. The van der Waals surface area contributed by atoms with Gasteiger partial charge in [0.2, 0.25) is 0 Å². The molecule has 1 aliphatic heterocycles. The third kappa shape index (κ3) is 4.20. The summed E-state index contributed by atoms with van der Waals surface area (Å²) in [5.74, 6) is 0. The monoisotopic (exact) mass is 422 g/mol. The van der Waals surface area contributed by atoms with Gasteiger partial charge in [-0.3, -0.25) is 0 Å². The summed E-state index contributed by atoms with van der Waals surface area (Å²) in [4.78, 5) is 0. The average molecular weight is 423 g/mol.